The Morgan fingerprint density at radius 3 is 2.46 bits per heavy atom. The average molecular weight is 549 g/mol. The summed E-state index contributed by atoms with van der Waals surface area (Å²) in [6, 6.07) is 7.83. The Kier molecular flexibility index (Phi) is 8.70. The van der Waals surface area contributed by atoms with E-state index in [1.165, 1.54) is 25.0 Å². The summed E-state index contributed by atoms with van der Waals surface area (Å²) in [5.41, 5.74) is -0.138. The summed E-state index contributed by atoms with van der Waals surface area (Å²) in [6.07, 6.45) is -2.36. The van der Waals surface area contributed by atoms with Gasteiger partial charge in [0.2, 0.25) is 0 Å². The number of para-hydroxylation sites is 1. The number of benzene rings is 2. The maximum atomic E-state index is 13.6. The van der Waals surface area contributed by atoms with Crippen LogP contribution in [0.15, 0.2) is 42.5 Å². The summed E-state index contributed by atoms with van der Waals surface area (Å²) >= 11 is 0. The molecule has 2 aliphatic rings. The molecule has 212 valence electrons. The summed E-state index contributed by atoms with van der Waals surface area (Å²) in [7, 11) is 2.04. The van der Waals surface area contributed by atoms with Crippen LogP contribution in [0.1, 0.15) is 42.6 Å². The van der Waals surface area contributed by atoms with Gasteiger partial charge in [-0.1, -0.05) is 13.0 Å². The Hall–Kier alpha value is -3.31. The molecule has 0 unspecified atom stereocenters. The first kappa shape index (κ1) is 28.7. The van der Waals surface area contributed by atoms with E-state index in [1.807, 2.05) is 14.0 Å². The molecule has 1 aliphatic carbocycles. The minimum Gasteiger partial charge on any atom is -0.486 e. The molecule has 2 aromatic rings. The van der Waals surface area contributed by atoms with Crippen LogP contribution in [0.3, 0.4) is 0 Å². The lowest BCUT2D eigenvalue weighted by Crippen LogP contribution is -2.50. The molecule has 0 aromatic heterocycles. The number of alkyl halides is 3. The first-order chi connectivity index (χ1) is 18.5. The third kappa shape index (κ3) is 7.21. The zero-order valence-corrected chi connectivity index (χ0v) is 22.3. The number of aliphatic hydroxyl groups excluding tert-OH is 1. The Morgan fingerprint density at radius 1 is 1.15 bits per heavy atom. The number of amides is 3. The summed E-state index contributed by atoms with van der Waals surface area (Å²) < 4.78 is 45.1. The van der Waals surface area contributed by atoms with Crippen molar-refractivity contribution in [3.63, 3.8) is 0 Å². The minimum absolute atomic E-state index is 0.0771. The third-order valence-corrected chi connectivity index (χ3v) is 7.17. The molecular weight excluding hydrogens is 513 g/mol. The molecule has 1 heterocycles. The number of aliphatic hydroxyl groups is 1. The van der Waals surface area contributed by atoms with Crippen molar-refractivity contribution in [2.45, 2.75) is 45.0 Å². The molecule has 39 heavy (non-hydrogen) atoms. The van der Waals surface area contributed by atoms with Crippen LogP contribution in [0.25, 0.3) is 0 Å². The molecule has 1 aliphatic heterocycles. The van der Waals surface area contributed by atoms with Gasteiger partial charge in [0.15, 0.2) is 5.75 Å². The van der Waals surface area contributed by atoms with E-state index in [0.29, 0.717) is 19.0 Å². The Balaban J connectivity index is 1.59. The monoisotopic (exact) mass is 548 g/mol. The Bertz CT molecular complexity index is 1170. The maximum Gasteiger partial charge on any atom is 0.416 e. The van der Waals surface area contributed by atoms with Gasteiger partial charge in [0.25, 0.3) is 5.91 Å². The number of hydrogen-bond acceptors (Lipinski definition) is 5. The topological polar surface area (TPSA) is 94.1 Å². The smallest absolute Gasteiger partial charge is 0.416 e. The van der Waals surface area contributed by atoms with Gasteiger partial charge in [0, 0.05) is 31.2 Å². The Labute approximate surface area is 226 Å². The highest BCUT2D eigenvalue weighted by Crippen LogP contribution is 2.36. The molecule has 0 radical (unpaired) electrons. The summed E-state index contributed by atoms with van der Waals surface area (Å²) in [6.45, 7) is 5.53. The van der Waals surface area contributed by atoms with Crippen LogP contribution in [-0.4, -0.2) is 72.3 Å². The standard InChI is InChI=1S/C28H35F3N4O4/c1-17-13-35(18(2)16-36)26(37)22-5-4-6-23(25(22)39-24(17)15-34(3)14-19-7-8-19)33-27(38)32-21-11-9-20(10-12-21)28(29,30)31/h4-6,9-12,17-19,24,36H,7-8,13-16H2,1-3H3,(H2,32,33,38)/t17-,18+,24+/m1/s1. The first-order valence-electron chi connectivity index (χ1n) is 13.1. The van der Waals surface area contributed by atoms with Crippen molar-refractivity contribution in [3.05, 3.63) is 53.6 Å². The van der Waals surface area contributed by atoms with Crippen molar-refractivity contribution in [1.29, 1.82) is 0 Å². The highest BCUT2D eigenvalue weighted by Gasteiger charge is 2.35. The van der Waals surface area contributed by atoms with Gasteiger partial charge in [-0.25, -0.2) is 4.79 Å². The molecule has 3 atom stereocenters. The first-order valence-corrected chi connectivity index (χ1v) is 13.1. The molecule has 8 nitrogen and oxygen atoms in total. The van der Waals surface area contributed by atoms with E-state index in [1.54, 1.807) is 30.0 Å². The highest BCUT2D eigenvalue weighted by molar-refractivity contribution is 6.04. The van der Waals surface area contributed by atoms with Gasteiger partial charge in [-0.2, -0.15) is 13.2 Å². The van der Waals surface area contributed by atoms with Gasteiger partial charge in [-0.05, 0) is 69.1 Å². The molecule has 0 bridgehead atoms. The van der Waals surface area contributed by atoms with Gasteiger partial charge in [0.1, 0.15) is 6.10 Å². The van der Waals surface area contributed by atoms with Crippen LogP contribution >= 0.6 is 0 Å². The normalized spacial score (nSPS) is 20.5. The van der Waals surface area contributed by atoms with E-state index < -0.39 is 23.8 Å². The zero-order chi connectivity index (χ0) is 28.3. The van der Waals surface area contributed by atoms with Crippen molar-refractivity contribution in [3.8, 4) is 5.75 Å². The van der Waals surface area contributed by atoms with E-state index in [4.69, 9.17) is 4.74 Å². The average Bonchev–Trinajstić information content (AvgIpc) is 3.69. The second-order valence-electron chi connectivity index (χ2n) is 10.6. The Morgan fingerprint density at radius 2 is 1.85 bits per heavy atom. The fourth-order valence-corrected chi connectivity index (χ4v) is 4.71. The van der Waals surface area contributed by atoms with Crippen LogP contribution in [-0.2, 0) is 6.18 Å². The highest BCUT2D eigenvalue weighted by atomic mass is 19.4. The van der Waals surface area contributed by atoms with Crippen LogP contribution in [0.5, 0.6) is 5.75 Å². The summed E-state index contributed by atoms with van der Waals surface area (Å²) in [4.78, 5) is 30.2. The van der Waals surface area contributed by atoms with Crippen LogP contribution < -0.4 is 15.4 Å². The molecular formula is C28H35F3N4O4. The van der Waals surface area contributed by atoms with Crippen molar-refractivity contribution in [2.24, 2.45) is 11.8 Å². The van der Waals surface area contributed by atoms with Crippen LogP contribution in [0, 0.1) is 11.8 Å². The van der Waals surface area contributed by atoms with E-state index in [0.717, 1.165) is 18.7 Å². The van der Waals surface area contributed by atoms with Crippen molar-refractivity contribution in [1.82, 2.24) is 9.80 Å². The summed E-state index contributed by atoms with van der Waals surface area (Å²) in [5.74, 6) is 0.503. The third-order valence-electron chi connectivity index (χ3n) is 7.17. The number of carbonyl (C=O) groups is 2. The number of nitrogens with one attached hydrogen (secondary N) is 2. The second-order valence-corrected chi connectivity index (χ2v) is 10.6. The van der Waals surface area contributed by atoms with Gasteiger partial charge < -0.3 is 30.3 Å². The SMILES string of the molecule is C[C@@H]1CN([C@@H](C)CO)C(=O)c2cccc(NC(=O)Nc3ccc(C(F)(F)F)cc3)c2O[C@H]1CN(C)CC1CC1. The molecule has 0 spiro atoms. The number of urea groups is 1. The fraction of sp³-hybridized carbons (Fsp3) is 0.500. The number of anilines is 2. The van der Waals surface area contributed by atoms with Gasteiger partial charge >= 0.3 is 12.2 Å². The molecule has 4 rings (SSSR count). The van der Waals surface area contributed by atoms with E-state index >= 15 is 0 Å². The zero-order valence-electron chi connectivity index (χ0n) is 22.3. The van der Waals surface area contributed by atoms with Crippen molar-refractivity contribution < 1.29 is 32.6 Å². The number of nitrogens with zero attached hydrogens (tertiary/aromatic N) is 2. The molecule has 11 heteroatoms. The minimum atomic E-state index is -4.48. The lowest BCUT2D eigenvalue weighted by atomic mass is 9.99. The summed E-state index contributed by atoms with van der Waals surface area (Å²) in [5, 5.41) is 15.0. The molecule has 3 amide bonds. The lowest BCUT2D eigenvalue weighted by Gasteiger charge is -2.38. The van der Waals surface area contributed by atoms with E-state index in [9.17, 15) is 27.9 Å². The van der Waals surface area contributed by atoms with Gasteiger partial charge in [-0.3, -0.25) is 4.79 Å². The number of hydrogen-bond donors (Lipinski definition) is 3. The number of ether oxygens (including phenoxy) is 1. The lowest BCUT2D eigenvalue weighted by molar-refractivity contribution is -0.137. The maximum absolute atomic E-state index is 13.6. The number of carbonyl (C=O) groups excluding carboxylic acids is 2. The molecule has 1 saturated carbocycles. The molecule has 3 N–H and O–H groups in total. The number of fused-ring (bicyclic) bond motifs is 1. The number of rotatable bonds is 8. The number of likely N-dealkylation sites (N-methyl/N-ethyl adjacent to an activating group) is 1. The predicted octanol–water partition coefficient (Wildman–Crippen LogP) is 4.91. The largest absolute Gasteiger partial charge is 0.486 e. The van der Waals surface area contributed by atoms with Gasteiger partial charge in [-0.15, -0.1) is 0 Å². The van der Waals surface area contributed by atoms with E-state index in [2.05, 4.69) is 15.5 Å². The molecule has 2 aromatic carbocycles. The fourth-order valence-electron chi connectivity index (χ4n) is 4.71. The van der Waals surface area contributed by atoms with Crippen LogP contribution in [0.2, 0.25) is 0 Å². The molecule has 1 fully saturated rings. The van der Waals surface area contributed by atoms with E-state index in [-0.39, 0.29) is 47.2 Å². The van der Waals surface area contributed by atoms with Crippen LogP contribution in [0.4, 0.5) is 29.3 Å². The predicted molar refractivity (Wildman–Crippen MR) is 142 cm³/mol. The quantitative estimate of drug-likeness (QED) is 0.436. The van der Waals surface area contributed by atoms with Gasteiger partial charge in [0.05, 0.1) is 29.5 Å². The second kappa shape index (κ2) is 11.8. The number of halogens is 3. The molecule has 0 saturated heterocycles. The van der Waals surface area contributed by atoms with Crippen molar-refractivity contribution in [2.75, 3.05) is 43.9 Å². The van der Waals surface area contributed by atoms with Crippen molar-refractivity contribution >= 4 is 23.3 Å².